The van der Waals surface area contributed by atoms with Crippen molar-refractivity contribution >= 4 is 22.3 Å². The first-order valence-electron chi connectivity index (χ1n) is 6.28. The standard InChI is InChI=1S/C16H12O5/c1-7-3-11(18)10-5-8-4-9(17)6-12(21-2)13(8)16(20)14(10)15(7)19/h3-6,17,20H,1-2H3. The number of allylic oxidation sites excluding steroid dienone is 2. The molecule has 0 unspecified atom stereocenters. The highest BCUT2D eigenvalue weighted by Gasteiger charge is 2.29. The third kappa shape index (κ3) is 1.78. The van der Waals surface area contributed by atoms with Crippen LogP contribution in [0.25, 0.3) is 10.8 Å². The van der Waals surface area contributed by atoms with E-state index in [4.69, 9.17) is 4.74 Å². The van der Waals surface area contributed by atoms with Crippen LogP contribution in [0.5, 0.6) is 17.2 Å². The van der Waals surface area contributed by atoms with Crippen molar-refractivity contribution in [3.8, 4) is 17.2 Å². The zero-order chi connectivity index (χ0) is 15.3. The van der Waals surface area contributed by atoms with Gasteiger partial charge in [-0.1, -0.05) is 0 Å². The first-order valence-corrected chi connectivity index (χ1v) is 6.28. The number of fused-ring (bicyclic) bond motifs is 2. The van der Waals surface area contributed by atoms with Crippen LogP contribution in [0.1, 0.15) is 27.6 Å². The van der Waals surface area contributed by atoms with Gasteiger partial charge in [0.1, 0.15) is 17.2 Å². The summed E-state index contributed by atoms with van der Waals surface area (Å²) in [5.74, 6) is -0.858. The number of ether oxygens (including phenoxy) is 1. The molecule has 2 N–H and O–H groups in total. The molecule has 1 aliphatic rings. The van der Waals surface area contributed by atoms with Gasteiger partial charge < -0.3 is 14.9 Å². The first kappa shape index (κ1) is 13.2. The van der Waals surface area contributed by atoms with Gasteiger partial charge in [0, 0.05) is 17.2 Å². The molecule has 0 radical (unpaired) electrons. The Morgan fingerprint density at radius 1 is 1.10 bits per heavy atom. The predicted molar refractivity (Wildman–Crippen MR) is 76.2 cm³/mol. The molecule has 21 heavy (non-hydrogen) atoms. The lowest BCUT2D eigenvalue weighted by molar-refractivity contribution is 0.0982. The lowest BCUT2D eigenvalue weighted by atomic mass is 9.87. The van der Waals surface area contributed by atoms with Crippen molar-refractivity contribution in [2.75, 3.05) is 7.11 Å². The molecule has 5 nitrogen and oxygen atoms in total. The van der Waals surface area contributed by atoms with Crippen LogP contribution in [0.2, 0.25) is 0 Å². The average Bonchev–Trinajstić information content (AvgIpc) is 2.43. The van der Waals surface area contributed by atoms with Crippen LogP contribution < -0.4 is 4.74 Å². The van der Waals surface area contributed by atoms with E-state index in [2.05, 4.69) is 0 Å². The van der Waals surface area contributed by atoms with Crippen LogP contribution in [0, 0.1) is 0 Å². The topological polar surface area (TPSA) is 83.8 Å². The second-order valence-corrected chi connectivity index (χ2v) is 4.91. The van der Waals surface area contributed by atoms with Crippen LogP contribution in [0.4, 0.5) is 0 Å². The highest BCUT2D eigenvalue weighted by molar-refractivity contribution is 6.27. The molecule has 5 heteroatoms. The molecule has 3 rings (SSSR count). The van der Waals surface area contributed by atoms with Crippen LogP contribution in [-0.4, -0.2) is 28.9 Å². The Bertz CT molecular complexity index is 846. The molecule has 1 aliphatic carbocycles. The van der Waals surface area contributed by atoms with Gasteiger partial charge in [-0.2, -0.15) is 0 Å². The largest absolute Gasteiger partial charge is 0.508 e. The minimum Gasteiger partial charge on any atom is -0.508 e. The number of aromatic hydroxyl groups is 2. The zero-order valence-corrected chi connectivity index (χ0v) is 11.4. The quantitative estimate of drug-likeness (QED) is 0.840. The smallest absolute Gasteiger partial charge is 0.193 e. The summed E-state index contributed by atoms with van der Waals surface area (Å²) in [6, 6.07) is 4.23. The maximum absolute atomic E-state index is 12.2. The van der Waals surface area contributed by atoms with E-state index in [0.29, 0.717) is 10.8 Å². The maximum Gasteiger partial charge on any atom is 0.193 e. The Balaban J connectivity index is 2.48. The summed E-state index contributed by atoms with van der Waals surface area (Å²) in [5, 5.41) is 20.8. The van der Waals surface area contributed by atoms with E-state index in [0.717, 1.165) is 0 Å². The Morgan fingerprint density at radius 2 is 1.81 bits per heavy atom. The fourth-order valence-electron chi connectivity index (χ4n) is 2.59. The van der Waals surface area contributed by atoms with E-state index in [9.17, 15) is 19.8 Å². The van der Waals surface area contributed by atoms with Gasteiger partial charge in [0.2, 0.25) is 0 Å². The molecule has 0 spiro atoms. The number of Topliss-reactive ketones (excluding diaryl/α,β-unsaturated/α-hetero) is 1. The van der Waals surface area contributed by atoms with Crippen molar-refractivity contribution in [2.24, 2.45) is 0 Å². The summed E-state index contributed by atoms with van der Waals surface area (Å²) in [6.07, 6.45) is 1.25. The SMILES string of the molecule is COc1cc(O)cc2cc3c(c(O)c12)C(=O)C(C)=CC3=O. The van der Waals surface area contributed by atoms with Gasteiger partial charge in [-0.3, -0.25) is 9.59 Å². The summed E-state index contributed by atoms with van der Waals surface area (Å²) >= 11 is 0. The molecule has 0 amide bonds. The zero-order valence-electron chi connectivity index (χ0n) is 11.4. The summed E-state index contributed by atoms with van der Waals surface area (Å²) in [7, 11) is 1.39. The van der Waals surface area contributed by atoms with Crippen LogP contribution in [0.15, 0.2) is 29.8 Å². The number of phenolic OH excluding ortho intramolecular Hbond substituents is 2. The van der Waals surface area contributed by atoms with E-state index in [1.165, 1.54) is 38.3 Å². The number of carbonyl (C=O) groups is 2. The highest BCUT2D eigenvalue weighted by atomic mass is 16.5. The van der Waals surface area contributed by atoms with Gasteiger partial charge in [-0.15, -0.1) is 0 Å². The van der Waals surface area contributed by atoms with Crippen LogP contribution in [0.3, 0.4) is 0 Å². The second kappa shape index (κ2) is 4.34. The monoisotopic (exact) mass is 284 g/mol. The number of hydrogen-bond acceptors (Lipinski definition) is 5. The normalized spacial score (nSPS) is 14.1. The van der Waals surface area contributed by atoms with Crippen LogP contribution >= 0.6 is 0 Å². The number of rotatable bonds is 1. The molecule has 0 fully saturated rings. The summed E-state index contributed by atoms with van der Waals surface area (Å²) < 4.78 is 5.14. The number of benzene rings is 2. The fraction of sp³-hybridized carbons (Fsp3) is 0.125. The van der Waals surface area contributed by atoms with Crippen molar-refractivity contribution < 1.29 is 24.5 Å². The average molecular weight is 284 g/mol. The minimum atomic E-state index is -0.390. The molecule has 0 aromatic heterocycles. The lowest BCUT2D eigenvalue weighted by Crippen LogP contribution is -2.16. The molecule has 106 valence electrons. The summed E-state index contributed by atoms with van der Waals surface area (Å²) in [6.45, 7) is 1.53. The number of carbonyl (C=O) groups excluding carboxylic acids is 2. The molecule has 2 aromatic rings. The van der Waals surface area contributed by atoms with Crippen molar-refractivity contribution in [3.63, 3.8) is 0 Å². The maximum atomic E-state index is 12.2. The Hall–Kier alpha value is -2.82. The van der Waals surface area contributed by atoms with Crippen molar-refractivity contribution in [2.45, 2.75) is 6.92 Å². The van der Waals surface area contributed by atoms with Gasteiger partial charge in [0.15, 0.2) is 11.6 Å². The second-order valence-electron chi connectivity index (χ2n) is 4.91. The number of methoxy groups -OCH3 is 1. The van der Waals surface area contributed by atoms with Gasteiger partial charge in [0.25, 0.3) is 0 Å². The fourth-order valence-corrected chi connectivity index (χ4v) is 2.59. The van der Waals surface area contributed by atoms with Gasteiger partial charge in [0.05, 0.1) is 18.1 Å². The molecule has 0 bridgehead atoms. The molecule has 0 saturated carbocycles. The predicted octanol–water partition coefficient (Wildman–Crippen LogP) is 2.58. The van der Waals surface area contributed by atoms with E-state index < -0.39 is 0 Å². The van der Waals surface area contributed by atoms with Gasteiger partial charge in [-0.05, 0) is 30.5 Å². The molecular weight excluding hydrogens is 272 g/mol. The molecule has 0 heterocycles. The van der Waals surface area contributed by atoms with E-state index in [1.54, 1.807) is 0 Å². The van der Waals surface area contributed by atoms with E-state index in [-0.39, 0.29) is 45.5 Å². The minimum absolute atomic E-state index is 0.0171. The van der Waals surface area contributed by atoms with Gasteiger partial charge in [-0.25, -0.2) is 0 Å². The third-order valence-electron chi connectivity index (χ3n) is 3.58. The number of phenols is 2. The van der Waals surface area contributed by atoms with Crippen molar-refractivity contribution in [3.05, 3.63) is 41.0 Å². The van der Waals surface area contributed by atoms with E-state index >= 15 is 0 Å². The highest BCUT2D eigenvalue weighted by Crippen LogP contribution is 2.42. The van der Waals surface area contributed by atoms with E-state index in [1.807, 2.05) is 0 Å². The molecule has 0 aliphatic heterocycles. The molecule has 0 atom stereocenters. The Morgan fingerprint density at radius 3 is 2.48 bits per heavy atom. The van der Waals surface area contributed by atoms with Crippen molar-refractivity contribution in [1.29, 1.82) is 0 Å². The lowest BCUT2D eigenvalue weighted by Gasteiger charge is -2.17. The summed E-state index contributed by atoms with van der Waals surface area (Å²) in [4.78, 5) is 24.3. The molecule has 2 aromatic carbocycles. The molecule has 0 saturated heterocycles. The third-order valence-corrected chi connectivity index (χ3v) is 3.58. The Kier molecular flexibility index (Phi) is 2.73. The van der Waals surface area contributed by atoms with Gasteiger partial charge >= 0.3 is 0 Å². The van der Waals surface area contributed by atoms with Crippen molar-refractivity contribution in [1.82, 2.24) is 0 Å². The Labute approximate surface area is 120 Å². The number of ketones is 2. The summed E-state index contributed by atoms with van der Waals surface area (Å²) in [5.41, 5.74) is 0.389. The first-order chi connectivity index (χ1) is 9.93. The van der Waals surface area contributed by atoms with Crippen LogP contribution in [-0.2, 0) is 0 Å². The number of hydrogen-bond donors (Lipinski definition) is 2. The molecular formula is C16H12O5.